The molecular weight excluding hydrogens is 415 g/mol. The predicted molar refractivity (Wildman–Crippen MR) is 112 cm³/mol. The Bertz CT molecular complexity index is 654. The molecule has 0 saturated carbocycles. The molecule has 6 heteroatoms. The third-order valence-corrected chi connectivity index (χ3v) is 3.90. The molecule has 0 saturated heterocycles. The predicted octanol–water partition coefficient (Wildman–Crippen LogP) is 2.82. The van der Waals surface area contributed by atoms with Crippen molar-refractivity contribution in [3.8, 4) is 0 Å². The van der Waals surface area contributed by atoms with Crippen LogP contribution in [0.2, 0.25) is 0 Å². The highest BCUT2D eigenvalue weighted by atomic mass is 127. The minimum atomic E-state index is 0. The van der Waals surface area contributed by atoms with Crippen LogP contribution in [0, 0.1) is 12.8 Å². The first-order valence-corrected chi connectivity index (χ1v) is 8.34. The van der Waals surface area contributed by atoms with Crippen molar-refractivity contribution in [2.45, 2.75) is 27.2 Å². The van der Waals surface area contributed by atoms with Crippen LogP contribution in [0.5, 0.6) is 0 Å². The second-order valence-corrected chi connectivity index (χ2v) is 6.00. The monoisotopic (exact) mass is 444 g/mol. The van der Waals surface area contributed by atoms with Gasteiger partial charge in [-0.3, -0.25) is 4.99 Å². The van der Waals surface area contributed by atoms with E-state index in [9.17, 15) is 0 Å². The van der Waals surface area contributed by atoms with E-state index in [2.05, 4.69) is 58.9 Å². The Morgan fingerprint density at radius 2 is 2.12 bits per heavy atom. The first-order valence-electron chi connectivity index (χ1n) is 8.34. The fourth-order valence-electron chi connectivity index (χ4n) is 2.61. The summed E-state index contributed by atoms with van der Waals surface area (Å²) in [5.74, 6) is 0.992. The van der Waals surface area contributed by atoms with Crippen LogP contribution in [-0.4, -0.2) is 42.3 Å². The summed E-state index contributed by atoms with van der Waals surface area (Å²) in [6.07, 6.45) is 3.03. The lowest BCUT2D eigenvalue weighted by atomic mass is 10.1. The number of hydrogen-bond donors (Lipinski definition) is 4. The Balaban J connectivity index is 0.00000288. The fourth-order valence-corrected chi connectivity index (χ4v) is 2.61. The van der Waals surface area contributed by atoms with Gasteiger partial charge in [-0.25, -0.2) is 0 Å². The zero-order valence-corrected chi connectivity index (χ0v) is 17.1. The number of benzene rings is 1. The quantitative estimate of drug-likeness (QED) is 0.302. The van der Waals surface area contributed by atoms with Crippen LogP contribution in [0.4, 0.5) is 0 Å². The van der Waals surface area contributed by atoms with Crippen molar-refractivity contribution < 1.29 is 5.11 Å². The van der Waals surface area contributed by atoms with Crippen molar-refractivity contribution in [2.24, 2.45) is 10.9 Å². The molecule has 1 atom stereocenters. The summed E-state index contributed by atoms with van der Waals surface area (Å²) in [6.45, 7) is 8.62. The van der Waals surface area contributed by atoms with E-state index in [1.165, 1.54) is 22.0 Å². The SMILES string of the molecule is CCNC(=NCC(C)CO)NCCc1c[nH]c2cccc(C)c12.I. The van der Waals surface area contributed by atoms with Crippen LogP contribution in [0.3, 0.4) is 0 Å². The number of aromatic amines is 1. The number of aryl methyl sites for hydroxylation is 1. The van der Waals surface area contributed by atoms with Crippen molar-refractivity contribution >= 4 is 40.8 Å². The Kier molecular flexibility index (Phi) is 9.13. The lowest BCUT2D eigenvalue weighted by Crippen LogP contribution is -2.38. The summed E-state index contributed by atoms with van der Waals surface area (Å²) in [6, 6.07) is 6.34. The highest BCUT2D eigenvalue weighted by Crippen LogP contribution is 2.22. The van der Waals surface area contributed by atoms with E-state index in [-0.39, 0.29) is 36.5 Å². The number of aliphatic hydroxyl groups excluding tert-OH is 1. The minimum Gasteiger partial charge on any atom is -0.396 e. The molecule has 0 amide bonds. The van der Waals surface area contributed by atoms with Gasteiger partial charge in [-0.05, 0) is 43.4 Å². The maximum atomic E-state index is 9.09. The average Bonchev–Trinajstić information content (AvgIpc) is 2.97. The first-order chi connectivity index (χ1) is 11.2. The molecule has 1 heterocycles. The van der Waals surface area contributed by atoms with E-state index < -0.39 is 0 Å². The number of nitrogens with zero attached hydrogens (tertiary/aromatic N) is 1. The molecule has 2 aromatic rings. The molecular formula is C18H29IN4O. The molecule has 0 aliphatic heterocycles. The normalized spacial score (nSPS) is 12.8. The number of H-pyrrole nitrogens is 1. The molecule has 0 spiro atoms. The number of aromatic nitrogens is 1. The number of nitrogens with one attached hydrogen (secondary N) is 3. The van der Waals surface area contributed by atoms with Crippen molar-refractivity contribution in [2.75, 3.05) is 26.2 Å². The average molecular weight is 444 g/mol. The van der Waals surface area contributed by atoms with Gasteiger partial charge < -0.3 is 20.7 Å². The molecule has 1 unspecified atom stereocenters. The smallest absolute Gasteiger partial charge is 0.191 e. The van der Waals surface area contributed by atoms with Gasteiger partial charge in [-0.1, -0.05) is 19.1 Å². The van der Waals surface area contributed by atoms with Gasteiger partial charge in [-0.15, -0.1) is 24.0 Å². The van der Waals surface area contributed by atoms with Gasteiger partial charge in [0.15, 0.2) is 5.96 Å². The second kappa shape index (κ2) is 10.6. The van der Waals surface area contributed by atoms with Gasteiger partial charge in [-0.2, -0.15) is 0 Å². The topological polar surface area (TPSA) is 72.4 Å². The van der Waals surface area contributed by atoms with Crippen LogP contribution < -0.4 is 10.6 Å². The molecule has 24 heavy (non-hydrogen) atoms. The van der Waals surface area contributed by atoms with Crippen LogP contribution in [0.15, 0.2) is 29.4 Å². The first kappa shape index (κ1) is 20.8. The van der Waals surface area contributed by atoms with Crippen molar-refractivity contribution in [3.63, 3.8) is 0 Å². The minimum absolute atomic E-state index is 0. The van der Waals surface area contributed by atoms with E-state index in [1.54, 1.807) is 0 Å². The van der Waals surface area contributed by atoms with Gasteiger partial charge in [0, 0.05) is 43.3 Å². The van der Waals surface area contributed by atoms with Crippen LogP contribution >= 0.6 is 24.0 Å². The molecule has 0 aliphatic rings. The standard InChI is InChI=1S/C18H28N4O.HI/c1-4-19-18(22-10-13(2)12-23)20-9-8-15-11-21-16-7-5-6-14(3)17(15)16;/h5-7,11,13,21,23H,4,8-10,12H2,1-3H3,(H2,19,20,22);1H. The van der Waals surface area contributed by atoms with E-state index in [4.69, 9.17) is 5.11 Å². The van der Waals surface area contributed by atoms with E-state index in [1.807, 2.05) is 6.92 Å². The maximum absolute atomic E-state index is 9.09. The summed E-state index contributed by atoms with van der Waals surface area (Å²) in [5, 5.41) is 17.0. The maximum Gasteiger partial charge on any atom is 0.191 e. The molecule has 4 N–H and O–H groups in total. The van der Waals surface area contributed by atoms with Crippen molar-refractivity contribution in [1.82, 2.24) is 15.6 Å². The molecule has 5 nitrogen and oxygen atoms in total. The number of rotatable bonds is 7. The van der Waals surface area contributed by atoms with E-state index in [0.29, 0.717) is 6.54 Å². The zero-order valence-electron chi connectivity index (χ0n) is 14.7. The molecule has 0 bridgehead atoms. The Morgan fingerprint density at radius 1 is 1.33 bits per heavy atom. The highest BCUT2D eigenvalue weighted by molar-refractivity contribution is 14.0. The molecule has 2 rings (SSSR count). The second-order valence-electron chi connectivity index (χ2n) is 6.00. The zero-order chi connectivity index (χ0) is 16.7. The van der Waals surface area contributed by atoms with Gasteiger partial charge in [0.2, 0.25) is 0 Å². The van der Waals surface area contributed by atoms with Crippen molar-refractivity contribution in [1.29, 1.82) is 0 Å². The van der Waals surface area contributed by atoms with Gasteiger partial charge in [0.1, 0.15) is 0 Å². The van der Waals surface area contributed by atoms with Crippen LogP contribution in [-0.2, 0) is 6.42 Å². The van der Waals surface area contributed by atoms with Gasteiger partial charge in [0.05, 0.1) is 0 Å². The molecule has 1 aromatic carbocycles. The Morgan fingerprint density at radius 3 is 2.83 bits per heavy atom. The summed E-state index contributed by atoms with van der Waals surface area (Å²) in [7, 11) is 0. The number of guanidine groups is 1. The summed E-state index contributed by atoms with van der Waals surface area (Å²) in [5.41, 5.74) is 3.82. The number of aliphatic imine (C=N–C) groups is 1. The van der Waals surface area contributed by atoms with Crippen LogP contribution in [0.25, 0.3) is 10.9 Å². The van der Waals surface area contributed by atoms with Gasteiger partial charge >= 0.3 is 0 Å². The fraction of sp³-hybridized carbons (Fsp3) is 0.500. The van der Waals surface area contributed by atoms with E-state index >= 15 is 0 Å². The summed E-state index contributed by atoms with van der Waals surface area (Å²) < 4.78 is 0. The third kappa shape index (κ3) is 5.66. The third-order valence-electron chi connectivity index (χ3n) is 3.90. The lowest BCUT2D eigenvalue weighted by Gasteiger charge is -2.12. The number of fused-ring (bicyclic) bond motifs is 1. The molecule has 0 aliphatic carbocycles. The van der Waals surface area contributed by atoms with E-state index in [0.717, 1.165) is 25.5 Å². The Labute approximate surface area is 161 Å². The number of halogens is 1. The van der Waals surface area contributed by atoms with Crippen LogP contribution in [0.1, 0.15) is 25.0 Å². The lowest BCUT2D eigenvalue weighted by molar-refractivity contribution is 0.241. The largest absolute Gasteiger partial charge is 0.396 e. The Hall–Kier alpha value is -1.28. The number of hydrogen-bond acceptors (Lipinski definition) is 2. The molecule has 134 valence electrons. The molecule has 1 aromatic heterocycles. The van der Waals surface area contributed by atoms with Gasteiger partial charge in [0.25, 0.3) is 0 Å². The molecule has 0 radical (unpaired) electrons. The summed E-state index contributed by atoms with van der Waals surface area (Å²) >= 11 is 0. The highest BCUT2D eigenvalue weighted by Gasteiger charge is 2.06. The summed E-state index contributed by atoms with van der Waals surface area (Å²) in [4.78, 5) is 7.85. The molecule has 0 fully saturated rings. The van der Waals surface area contributed by atoms with Crippen molar-refractivity contribution in [3.05, 3.63) is 35.5 Å². The number of aliphatic hydroxyl groups is 1.